The first-order chi connectivity index (χ1) is 51.2. The van der Waals surface area contributed by atoms with Crippen molar-refractivity contribution in [1.82, 2.24) is 62.5 Å². The average molecular weight is 1510 g/mol. The molecule has 0 aliphatic rings. The number of nitrogen functional groups attached to an aromatic ring is 1. The van der Waals surface area contributed by atoms with Gasteiger partial charge in [-0.1, -0.05) is 37.1 Å². The summed E-state index contributed by atoms with van der Waals surface area (Å²) in [5.41, 5.74) is 18.4. The second kappa shape index (κ2) is 45.7. The molecule has 2 aromatic heterocycles. The number of aromatic nitrogens is 4. The van der Waals surface area contributed by atoms with Crippen molar-refractivity contribution in [2.75, 3.05) is 24.1 Å². The molecular weight excluding hydrogens is 1420 g/mol. The molecule has 8 atom stereocenters. The molecule has 108 heavy (non-hydrogen) atoms. The first-order valence-electron chi connectivity index (χ1n) is 34.3. The number of ketones is 3. The van der Waals surface area contributed by atoms with E-state index in [9.17, 15) is 107 Å². The molecule has 0 radical (unpaired) electrons. The SMILES string of the molecule is C#CC[C@H](CC(=O)[C@H](CCCCN)NC(=O)[C@H](CC(=O)O)CC(=O)[C@H](CC(=O)O)NC(=O)Cc1ccc(CNC(=O)NCCCC[C@H](NC(=O)N[C@@H](CCC(=O)O)C(=O)O)C(=O)O)cc1)C(=O)N[C@@H](CCCCCC(=O)CC[C@H](NC(=O)c1ccc(NCc2cnc3[nH]c(N)nc(=O)c3n2)cc1)C(=O)O)C(N)=O. The number of anilines is 2. The van der Waals surface area contributed by atoms with Crippen molar-refractivity contribution in [1.29, 1.82) is 0 Å². The van der Waals surface area contributed by atoms with Crippen molar-refractivity contribution in [2.45, 2.75) is 184 Å². The van der Waals surface area contributed by atoms with Gasteiger partial charge in [-0.25, -0.2) is 33.9 Å². The fourth-order valence-electron chi connectivity index (χ4n) is 10.8. The van der Waals surface area contributed by atoms with Gasteiger partial charge < -0.3 is 101 Å². The zero-order chi connectivity index (χ0) is 80.0. The molecule has 39 nitrogen and oxygen atoms in total. The highest BCUT2D eigenvalue weighted by molar-refractivity contribution is 5.99. The Hall–Kier alpha value is -12.5. The van der Waals surface area contributed by atoms with Gasteiger partial charge in [0.1, 0.15) is 30.0 Å². The standard InChI is InChI=1S/C69H90N16O23/c1-2-10-40(61(98)80-46(58(71)96)13-5-3-4-11-44(86)23-24-48(65(103)104)81-60(97)39-19-21-42(22-20-39)74-35-43-36-75-59-57(77-43)63(100)85-67(72)84-59)30-51(87)45(12-6-8-27-70)79-62(99)41(32-55(92)93)31-52(88)50(33-56(94)95)78-53(89)29-37-15-17-38(18-16-37)34-76-68(107)73-28-9-7-14-47(64(101)102)82-69(108)83-49(66(105)106)25-26-54(90)91/h1,15-22,36,40-41,45-50,74H,3-14,23-35,70H2,(H2,71,96)(H,78,89)(H,79,99)(H,80,98)(H,81,97)(H,90,91)(H,92,93)(H,94,95)(H,101,102)(H,103,104)(H,105,106)(H2,73,76,107)(H2,82,83,108)(H3,72,75,84,85,100)/t40-,41+,45+,46+,47+,48+,49+,50+/m1/s1. The summed E-state index contributed by atoms with van der Waals surface area (Å²) in [6.07, 6.45) is 2.99. The van der Waals surface area contributed by atoms with Crippen molar-refractivity contribution in [3.05, 3.63) is 87.5 Å². The zero-order valence-corrected chi connectivity index (χ0v) is 58.8. The number of amides is 9. The molecule has 2 heterocycles. The van der Waals surface area contributed by atoms with Crippen LogP contribution in [0.3, 0.4) is 0 Å². The summed E-state index contributed by atoms with van der Waals surface area (Å²) in [5, 5.41) is 79.1. The lowest BCUT2D eigenvalue weighted by molar-refractivity contribution is -0.144. The van der Waals surface area contributed by atoms with Gasteiger partial charge >= 0.3 is 53.4 Å². The number of carbonyl (C=O) groups excluding carboxylic acids is 10. The van der Waals surface area contributed by atoms with Crippen LogP contribution in [0.25, 0.3) is 11.2 Å². The first-order valence-corrected chi connectivity index (χ1v) is 34.3. The largest absolute Gasteiger partial charge is 0.481 e. The van der Waals surface area contributed by atoms with E-state index in [4.69, 9.17) is 28.7 Å². The van der Waals surface area contributed by atoms with E-state index in [0.29, 0.717) is 35.3 Å². The number of hydrogen-bond donors (Lipinski definition) is 19. The van der Waals surface area contributed by atoms with Gasteiger partial charge in [0.15, 0.2) is 22.7 Å². The molecule has 0 unspecified atom stereocenters. The second-order valence-electron chi connectivity index (χ2n) is 25.2. The summed E-state index contributed by atoms with van der Waals surface area (Å²) in [5.74, 6) is -16.2. The van der Waals surface area contributed by atoms with Gasteiger partial charge in [0.05, 0.1) is 61.6 Å². The van der Waals surface area contributed by atoms with E-state index < -0.39 is 188 Å². The van der Waals surface area contributed by atoms with Gasteiger partial charge in [-0.05, 0) is 106 Å². The highest BCUT2D eigenvalue weighted by Crippen LogP contribution is 2.20. The number of nitrogens with one attached hydrogen (secondary N) is 10. The minimum absolute atomic E-state index is 0.00400. The molecule has 22 N–H and O–H groups in total. The quantitative estimate of drug-likeness (QED) is 0.0202. The Bertz CT molecular complexity index is 3980. The number of benzene rings is 2. The lowest BCUT2D eigenvalue weighted by Crippen LogP contribution is -2.51. The highest BCUT2D eigenvalue weighted by atomic mass is 16.4. The number of Topliss-reactive ketones (excluding diaryl/α,β-unsaturated/α-hetero) is 3. The van der Waals surface area contributed by atoms with E-state index in [0.717, 1.165) is 0 Å². The third-order valence-electron chi connectivity index (χ3n) is 16.6. The van der Waals surface area contributed by atoms with Crippen molar-refractivity contribution >= 4 is 118 Å². The number of nitrogens with zero attached hydrogens (tertiary/aromatic N) is 3. The van der Waals surface area contributed by atoms with Crippen LogP contribution in [0.5, 0.6) is 0 Å². The summed E-state index contributed by atoms with van der Waals surface area (Å²) in [6.45, 7) is 0.358. The third-order valence-corrected chi connectivity index (χ3v) is 16.6. The third kappa shape index (κ3) is 32.7. The van der Waals surface area contributed by atoms with Crippen LogP contribution in [-0.4, -0.2) is 195 Å². The van der Waals surface area contributed by atoms with Crippen LogP contribution in [0.2, 0.25) is 0 Å². The fraction of sp³-hybridized carbons (Fsp3) is 0.478. The maximum atomic E-state index is 14.1. The molecule has 584 valence electrons. The predicted molar refractivity (Wildman–Crippen MR) is 380 cm³/mol. The van der Waals surface area contributed by atoms with Gasteiger partial charge in [0, 0.05) is 62.9 Å². The lowest BCUT2D eigenvalue weighted by atomic mass is 9.90. The Kier molecular flexibility index (Phi) is 37.2. The molecule has 0 saturated carbocycles. The van der Waals surface area contributed by atoms with Crippen LogP contribution >= 0.6 is 0 Å². The van der Waals surface area contributed by atoms with Gasteiger partial charge in [0.25, 0.3) is 5.91 Å². The fourth-order valence-corrected chi connectivity index (χ4v) is 10.8. The van der Waals surface area contributed by atoms with E-state index in [1.807, 2.05) is 5.32 Å². The number of H-pyrrole nitrogens is 1. The van der Waals surface area contributed by atoms with E-state index in [2.05, 4.69) is 68.4 Å². The van der Waals surface area contributed by atoms with Gasteiger partial charge in [-0.2, -0.15) is 4.98 Å². The summed E-state index contributed by atoms with van der Waals surface area (Å²) < 4.78 is 0. The number of fused-ring (bicyclic) bond motifs is 1. The summed E-state index contributed by atoms with van der Waals surface area (Å²) >= 11 is 0. The van der Waals surface area contributed by atoms with Crippen LogP contribution in [0.1, 0.15) is 156 Å². The molecule has 39 heteroatoms. The Labute approximate surface area is 616 Å². The minimum Gasteiger partial charge on any atom is -0.481 e. The van der Waals surface area contributed by atoms with Crippen molar-refractivity contribution < 1.29 is 107 Å². The van der Waals surface area contributed by atoms with Crippen molar-refractivity contribution in [3.63, 3.8) is 0 Å². The van der Waals surface area contributed by atoms with Crippen LogP contribution in [-0.2, 0) is 81.8 Å². The number of urea groups is 2. The van der Waals surface area contributed by atoms with Gasteiger partial charge in [-0.3, -0.25) is 57.5 Å². The van der Waals surface area contributed by atoms with Gasteiger partial charge in [-0.15, -0.1) is 12.3 Å². The molecule has 4 aromatic rings. The predicted octanol–water partition coefficient (Wildman–Crippen LogP) is -0.135. The van der Waals surface area contributed by atoms with Crippen molar-refractivity contribution in [2.24, 2.45) is 23.3 Å². The van der Waals surface area contributed by atoms with Crippen LogP contribution in [0, 0.1) is 24.2 Å². The average Bonchev–Trinajstić information content (AvgIpc) is 0.810. The molecule has 0 saturated heterocycles. The molecule has 0 aliphatic carbocycles. The first kappa shape index (κ1) is 87.9. The Morgan fingerprint density at radius 1 is 0.528 bits per heavy atom. The Morgan fingerprint density at radius 3 is 1.71 bits per heavy atom. The number of nitrogens with two attached hydrogens (primary N) is 3. The topological polar surface area (TPSA) is 652 Å². The normalized spacial score (nSPS) is 13.1. The molecule has 0 fully saturated rings. The lowest BCUT2D eigenvalue weighted by Gasteiger charge is -2.24. The van der Waals surface area contributed by atoms with E-state index >= 15 is 0 Å². The number of aromatic amines is 1. The molecule has 2 aromatic carbocycles. The maximum Gasteiger partial charge on any atom is 0.326 e. The van der Waals surface area contributed by atoms with E-state index in [1.54, 1.807) is 24.3 Å². The smallest absolute Gasteiger partial charge is 0.326 e. The maximum absolute atomic E-state index is 14.1. The number of rotatable bonds is 52. The summed E-state index contributed by atoms with van der Waals surface area (Å²) in [6, 6.07) is 1.47. The molecule has 0 aliphatic heterocycles. The number of carboxylic acids is 6. The van der Waals surface area contributed by atoms with E-state index in [1.165, 1.54) is 30.5 Å². The number of unbranched alkanes of at least 4 members (excludes halogenated alkanes) is 4. The van der Waals surface area contributed by atoms with Crippen LogP contribution < -0.4 is 70.6 Å². The number of hydrogen-bond acceptors (Lipinski definition) is 23. The van der Waals surface area contributed by atoms with Crippen LogP contribution in [0.4, 0.5) is 21.2 Å². The molecular formula is C69H90N16O23. The monoisotopic (exact) mass is 1510 g/mol. The number of aliphatic carboxylic acids is 6. The summed E-state index contributed by atoms with van der Waals surface area (Å²) in [4.78, 5) is 229. The summed E-state index contributed by atoms with van der Waals surface area (Å²) in [7, 11) is 0. The molecule has 9 amide bonds. The van der Waals surface area contributed by atoms with E-state index in [-0.39, 0.29) is 132 Å². The van der Waals surface area contributed by atoms with Crippen molar-refractivity contribution in [3.8, 4) is 12.3 Å². The number of carboxylic acid groups (broad SMARTS) is 6. The number of primary amides is 1. The highest BCUT2D eigenvalue weighted by Gasteiger charge is 2.35. The Morgan fingerprint density at radius 2 is 1.09 bits per heavy atom. The Balaban J connectivity index is 1.24. The second-order valence-corrected chi connectivity index (χ2v) is 25.2. The molecule has 4 rings (SSSR count). The number of carbonyl (C=O) groups is 16. The minimum atomic E-state index is -1.77. The molecule has 0 bridgehead atoms. The van der Waals surface area contributed by atoms with Gasteiger partial charge in [0.2, 0.25) is 29.6 Å². The zero-order valence-electron chi connectivity index (χ0n) is 58.8. The number of terminal acetylenes is 1. The molecule has 0 spiro atoms. The van der Waals surface area contributed by atoms with Crippen LogP contribution in [0.15, 0.2) is 59.5 Å².